The van der Waals surface area contributed by atoms with Crippen molar-refractivity contribution in [2.75, 3.05) is 26.7 Å². The number of nitrogens with zero attached hydrogens (tertiary/aromatic N) is 3. The van der Waals surface area contributed by atoms with E-state index < -0.39 is 0 Å². The van der Waals surface area contributed by atoms with E-state index in [-0.39, 0.29) is 0 Å². The molecule has 6 nitrogen and oxygen atoms in total. The third kappa shape index (κ3) is 5.12. The van der Waals surface area contributed by atoms with Crippen molar-refractivity contribution in [3.05, 3.63) is 48.3 Å². The molecule has 0 saturated heterocycles. The summed E-state index contributed by atoms with van der Waals surface area (Å²) in [6.07, 6.45) is 1.73. The summed E-state index contributed by atoms with van der Waals surface area (Å²) in [6.45, 7) is 4.82. The molecule has 1 aromatic heterocycles. The zero-order chi connectivity index (χ0) is 15.6. The first kappa shape index (κ1) is 15.9. The van der Waals surface area contributed by atoms with Gasteiger partial charge in [0.25, 0.3) is 0 Å². The van der Waals surface area contributed by atoms with Gasteiger partial charge in [0.15, 0.2) is 5.96 Å². The lowest BCUT2D eigenvalue weighted by molar-refractivity contribution is 0.281. The molecule has 0 radical (unpaired) electrons. The van der Waals surface area contributed by atoms with Crippen LogP contribution >= 0.6 is 0 Å². The number of rotatable bonds is 7. The lowest BCUT2D eigenvalue weighted by atomic mass is 10.3. The minimum Gasteiger partial charge on any atom is -0.492 e. The van der Waals surface area contributed by atoms with Crippen LogP contribution in [0.15, 0.2) is 47.6 Å². The number of likely N-dealkylation sites (N-methyl/N-ethyl adjacent to an activating group) is 1. The summed E-state index contributed by atoms with van der Waals surface area (Å²) in [5, 5.41) is 10.1. The van der Waals surface area contributed by atoms with Gasteiger partial charge in [-0.3, -0.25) is 5.10 Å². The van der Waals surface area contributed by atoms with Crippen LogP contribution in [0.5, 0.6) is 5.75 Å². The zero-order valence-electron chi connectivity index (χ0n) is 13.1. The van der Waals surface area contributed by atoms with Crippen LogP contribution in [0.1, 0.15) is 12.6 Å². The SMILES string of the molecule is CCNC(=NCc1ccn[nH]1)N(C)CCOc1ccccc1. The topological polar surface area (TPSA) is 65.5 Å². The van der Waals surface area contributed by atoms with Crippen LogP contribution in [0.3, 0.4) is 0 Å². The Balaban J connectivity index is 1.83. The van der Waals surface area contributed by atoms with Crippen LogP contribution in [0.2, 0.25) is 0 Å². The van der Waals surface area contributed by atoms with E-state index in [1.807, 2.05) is 43.4 Å². The molecule has 0 bridgehead atoms. The third-order valence-electron chi connectivity index (χ3n) is 3.09. The molecule has 0 aliphatic carbocycles. The Morgan fingerprint density at radius 2 is 2.14 bits per heavy atom. The van der Waals surface area contributed by atoms with E-state index in [2.05, 4.69) is 32.3 Å². The average Bonchev–Trinajstić information content (AvgIpc) is 3.05. The number of aromatic amines is 1. The number of aliphatic imine (C=N–C) groups is 1. The van der Waals surface area contributed by atoms with E-state index in [1.165, 1.54) is 0 Å². The lowest BCUT2D eigenvalue weighted by Gasteiger charge is -2.22. The van der Waals surface area contributed by atoms with Crippen molar-refractivity contribution >= 4 is 5.96 Å². The molecule has 2 rings (SSSR count). The van der Waals surface area contributed by atoms with E-state index in [0.29, 0.717) is 13.2 Å². The van der Waals surface area contributed by atoms with Crippen LogP contribution in [0.25, 0.3) is 0 Å². The number of nitrogens with one attached hydrogen (secondary N) is 2. The van der Waals surface area contributed by atoms with Crippen LogP contribution in [-0.2, 0) is 6.54 Å². The second-order valence-electron chi connectivity index (χ2n) is 4.84. The summed E-state index contributed by atoms with van der Waals surface area (Å²) in [5.74, 6) is 1.74. The van der Waals surface area contributed by atoms with Crippen LogP contribution < -0.4 is 10.1 Å². The van der Waals surface area contributed by atoms with Crippen molar-refractivity contribution < 1.29 is 4.74 Å². The highest BCUT2D eigenvalue weighted by Gasteiger charge is 2.06. The molecule has 0 amide bonds. The monoisotopic (exact) mass is 301 g/mol. The van der Waals surface area contributed by atoms with Crippen molar-refractivity contribution in [2.24, 2.45) is 4.99 Å². The minimum atomic E-state index is 0.576. The van der Waals surface area contributed by atoms with Crippen LogP contribution in [0, 0.1) is 0 Å². The normalized spacial score (nSPS) is 11.3. The number of hydrogen-bond donors (Lipinski definition) is 2. The molecule has 0 aliphatic rings. The van der Waals surface area contributed by atoms with E-state index in [0.717, 1.165) is 30.5 Å². The molecule has 0 fully saturated rings. The Bertz CT molecular complexity index is 553. The lowest BCUT2D eigenvalue weighted by Crippen LogP contribution is -2.40. The minimum absolute atomic E-state index is 0.576. The number of aromatic nitrogens is 2. The number of H-pyrrole nitrogens is 1. The molecule has 1 aromatic carbocycles. The van der Waals surface area contributed by atoms with Gasteiger partial charge in [-0.15, -0.1) is 0 Å². The van der Waals surface area contributed by atoms with E-state index in [1.54, 1.807) is 6.20 Å². The fourth-order valence-electron chi connectivity index (χ4n) is 1.93. The van der Waals surface area contributed by atoms with Gasteiger partial charge in [0.1, 0.15) is 12.4 Å². The van der Waals surface area contributed by atoms with E-state index in [9.17, 15) is 0 Å². The Morgan fingerprint density at radius 1 is 1.32 bits per heavy atom. The van der Waals surface area contributed by atoms with Gasteiger partial charge in [0.2, 0.25) is 0 Å². The number of hydrogen-bond acceptors (Lipinski definition) is 3. The largest absolute Gasteiger partial charge is 0.492 e. The predicted octanol–water partition coefficient (Wildman–Crippen LogP) is 1.89. The quantitative estimate of drug-likeness (QED) is 0.605. The highest BCUT2D eigenvalue weighted by atomic mass is 16.5. The molecule has 0 saturated carbocycles. The second-order valence-corrected chi connectivity index (χ2v) is 4.84. The fourth-order valence-corrected chi connectivity index (χ4v) is 1.93. The maximum atomic E-state index is 5.71. The van der Waals surface area contributed by atoms with Gasteiger partial charge >= 0.3 is 0 Å². The van der Waals surface area contributed by atoms with E-state index >= 15 is 0 Å². The molecule has 0 spiro atoms. The molecule has 22 heavy (non-hydrogen) atoms. The molecular weight excluding hydrogens is 278 g/mol. The first-order valence-corrected chi connectivity index (χ1v) is 7.45. The second kappa shape index (κ2) is 8.71. The van der Waals surface area contributed by atoms with E-state index in [4.69, 9.17) is 4.74 Å². The molecule has 0 unspecified atom stereocenters. The van der Waals surface area contributed by atoms with Crippen molar-refractivity contribution in [1.29, 1.82) is 0 Å². The van der Waals surface area contributed by atoms with Gasteiger partial charge in [-0.25, -0.2) is 4.99 Å². The molecule has 0 atom stereocenters. The highest BCUT2D eigenvalue weighted by molar-refractivity contribution is 5.79. The maximum Gasteiger partial charge on any atom is 0.194 e. The molecule has 1 heterocycles. The van der Waals surface area contributed by atoms with Gasteiger partial charge in [0, 0.05) is 19.8 Å². The van der Waals surface area contributed by atoms with Crippen molar-refractivity contribution in [3.63, 3.8) is 0 Å². The number of ether oxygens (including phenoxy) is 1. The van der Waals surface area contributed by atoms with Gasteiger partial charge in [-0.1, -0.05) is 18.2 Å². The van der Waals surface area contributed by atoms with Crippen molar-refractivity contribution in [1.82, 2.24) is 20.4 Å². The highest BCUT2D eigenvalue weighted by Crippen LogP contribution is 2.07. The smallest absolute Gasteiger partial charge is 0.194 e. The van der Waals surface area contributed by atoms with Gasteiger partial charge < -0.3 is 15.0 Å². The summed E-state index contributed by atoms with van der Waals surface area (Å²) in [4.78, 5) is 6.64. The van der Waals surface area contributed by atoms with Crippen molar-refractivity contribution in [3.8, 4) is 5.75 Å². The van der Waals surface area contributed by atoms with Crippen molar-refractivity contribution in [2.45, 2.75) is 13.5 Å². The Kier molecular flexibility index (Phi) is 6.29. The summed E-state index contributed by atoms with van der Waals surface area (Å²) < 4.78 is 5.71. The molecule has 2 aromatic rings. The standard InChI is InChI=1S/C16H23N5O/c1-3-17-16(18-13-14-9-10-19-20-14)21(2)11-12-22-15-7-5-4-6-8-15/h4-10H,3,11-13H2,1-2H3,(H,17,18)(H,19,20). The first-order valence-electron chi connectivity index (χ1n) is 7.45. The summed E-state index contributed by atoms with van der Waals surface area (Å²) >= 11 is 0. The Labute approximate surface area is 131 Å². The molecule has 118 valence electrons. The zero-order valence-corrected chi connectivity index (χ0v) is 13.1. The average molecular weight is 301 g/mol. The first-order chi connectivity index (χ1) is 10.8. The third-order valence-corrected chi connectivity index (χ3v) is 3.09. The number of para-hydroxylation sites is 1. The van der Waals surface area contributed by atoms with Crippen LogP contribution in [-0.4, -0.2) is 47.8 Å². The summed E-state index contributed by atoms with van der Waals surface area (Å²) in [7, 11) is 2.00. The van der Waals surface area contributed by atoms with Gasteiger partial charge in [-0.05, 0) is 25.1 Å². The molecule has 2 N–H and O–H groups in total. The maximum absolute atomic E-state index is 5.71. The van der Waals surface area contributed by atoms with Crippen LogP contribution in [0.4, 0.5) is 0 Å². The fraction of sp³-hybridized carbons (Fsp3) is 0.375. The number of guanidine groups is 1. The summed E-state index contributed by atoms with van der Waals surface area (Å²) in [6, 6.07) is 11.7. The molecule has 6 heteroatoms. The van der Waals surface area contributed by atoms with Gasteiger partial charge in [-0.2, -0.15) is 5.10 Å². The molecular formula is C16H23N5O. The van der Waals surface area contributed by atoms with Gasteiger partial charge in [0.05, 0.1) is 18.8 Å². The number of benzene rings is 1. The molecule has 0 aliphatic heterocycles. The predicted molar refractivity (Wildman–Crippen MR) is 88.0 cm³/mol. The summed E-state index contributed by atoms with van der Waals surface area (Å²) in [5.41, 5.74) is 0.990. The Hall–Kier alpha value is -2.50. The Morgan fingerprint density at radius 3 is 2.82 bits per heavy atom.